The lowest BCUT2D eigenvalue weighted by atomic mass is 10.2. The lowest BCUT2D eigenvalue weighted by molar-refractivity contribution is -0.142. The van der Waals surface area contributed by atoms with Crippen molar-refractivity contribution in [3.05, 3.63) is 39.5 Å². The van der Waals surface area contributed by atoms with E-state index in [-0.39, 0.29) is 33.0 Å². The molecule has 0 aliphatic heterocycles. The lowest BCUT2D eigenvalue weighted by Gasteiger charge is -2.10. The first-order valence-corrected chi connectivity index (χ1v) is 6.82. The van der Waals surface area contributed by atoms with Crippen molar-refractivity contribution in [1.29, 1.82) is 5.26 Å². The number of carboxylic acids is 1. The van der Waals surface area contributed by atoms with E-state index in [2.05, 4.69) is 5.32 Å². The molecule has 0 unspecified atom stereocenters. The molecule has 0 amide bonds. The molecule has 22 heavy (non-hydrogen) atoms. The van der Waals surface area contributed by atoms with Crippen LogP contribution in [0.25, 0.3) is 0 Å². The van der Waals surface area contributed by atoms with Crippen molar-refractivity contribution in [1.82, 2.24) is 0 Å². The summed E-state index contributed by atoms with van der Waals surface area (Å²) in [6.07, 6.45) is 0.716. The van der Waals surface area contributed by atoms with Crippen LogP contribution in [0.4, 0.5) is 5.69 Å². The van der Waals surface area contributed by atoms with Crippen LogP contribution in [-0.4, -0.2) is 23.1 Å². The van der Waals surface area contributed by atoms with Gasteiger partial charge in [-0.05, 0) is 26.0 Å². The number of nitriles is 1. The number of aromatic carboxylic acids is 1. The van der Waals surface area contributed by atoms with Crippen LogP contribution in [0.2, 0.25) is 10.0 Å². The van der Waals surface area contributed by atoms with Gasteiger partial charge in [0.1, 0.15) is 6.07 Å². The number of hydrogen-bond acceptors (Lipinski definition) is 5. The number of carbonyl (C=O) groups excluding carboxylic acids is 1. The van der Waals surface area contributed by atoms with Gasteiger partial charge in [-0.25, -0.2) is 9.59 Å². The van der Waals surface area contributed by atoms with Crippen molar-refractivity contribution in [2.45, 2.75) is 20.0 Å². The van der Waals surface area contributed by atoms with Gasteiger partial charge in [-0.2, -0.15) is 5.26 Å². The number of carbonyl (C=O) groups is 2. The molecule has 116 valence electrons. The summed E-state index contributed by atoms with van der Waals surface area (Å²) >= 11 is 11.7. The van der Waals surface area contributed by atoms with Gasteiger partial charge in [0.25, 0.3) is 0 Å². The summed E-state index contributed by atoms with van der Waals surface area (Å²) in [6, 6.07) is 4.45. The van der Waals surface area contributed by atoms with E-state index in [1.165, 1.54) is 12.1 Å². The molecule has 0 saturated heterocycles. The molecule has 0 spiro atoms. The Morgan fingerprint density at radius 3 is 2.55 bits per heavy atom. The van der Waals surface area contributed by atoms with Crippen molar-refractivity contribution in [3.8, 4) is 6.07 Å². The van der Waals surface area contributed by atoms with Crippen LogP contribution in [-0.2, 0) is 9.53 Å². The van der Waals surface area contributed by atoms with Gasteiger partial charge in [-0.1, -0.05) is 23.2 Å². The van der Waals surface area contributed by atoms with Gasteiger partial charge in [0, 0.05) is 6.20 Å². The molecule has 0 radical (unpaired) electrons. The van der Waals surface area contributed by atoms with Crippen LogP contribution in [0.5, 0.6) is 0 Å². The van der Waals surface area contributed by atoms with E-state index in [4.69, 9.17) is 38.3 Å². The number of halogens is 2. The van der Waals surface area contributed by atoms with Crippen molar-refractivity contribution >= 4 is 40.8 Å². The average molecular weight is 343 g/mol. The summed E-state index contributed by atoms with van der Waals surface area (Å²) in [5, 5.41) is 20.4. The predicted molar refractivity (Wildman–Crippen MR) is 82.0 cm³/mol. The zero-order chi connectivity index (χ0) is 16.9. The van der Waals surface area contributed by atoms with E-state index in [9.17, 15) is 9.59 Å². The molecule has 0 heterocycles. The van der Waals surface area contributed by atoms with Crippen LogP contribution in [0.3, 0.4) is 0 Å². The molecule has 0 bridgehead atoms. The Morgan fingerprint density at radius 1 is 1.41 bits per heavy atom. The van der Waals surface area contributed by atoms with E-state index in [1.54, 1.807) is 19.9 Å². The minimum Gasteiger partial charge on any atom is -0.478 e. The Hall–Kier alpha value is -2.23. The summed E-state index contributed by atoms with van der Waals surface area (Å²) in [6.45, 7) is 3.30. The molecule has 1 aromatic carbocycles. The Labute approximate surface area is 136 Å². The second-order valence-corrected chi connectivity index (χ2v) is 5.14. The monoisotopic (exact) mass is 342 g/mol. The highest BCUT2D eigenvalue weighted by Crippen LogP contribution is 2.31. The van der Waals surface area contributed by atoms with Crippen molar-refractivity contribution in [2.75, 3.05) is 5.32 Å². The third-order valence-electron chi connectivity index (χ3n) is 2.36. The third kappa shape index (κ3) is 4.38. The number of nitrogens with one attached hydrogen (secondary N) is 1. The average Bonchev–Trinajstić information content (AvgIpc) is 2.40. The minimum atomic E-state index is -1.29. The highest BCUT2D eigenvalue weighted by molar-refractivity contribution is 6.41. The summed E-state index contributed by atoms with van der Waals surface area (Å²) < 4.78 is 4.89. The Bertz CT molecular complexity index is 678. The maximum atomic E-state index is 11.6. The summed E-state index contributed by atoms with van der Waals surface area (Å²) in [4.78, 5) is 22.7. The van der Waals surface area contributed by atoms with Gasteiger partial charge in [-0.3, -0.25) is 0 Å². The summed E-state index contributed by atoms with van der Waals surface area (Å²) in [5.41, 5.74) is -0.366. The smallest absolute Gasteiger partial charge is 0.350 e. The number of rotatable bonds is 5. The molecule has 2 N–H and O–H groups in total. The van der Waals surface area contributed by atoms with E-state index in [1.807, 2.05) is 0 Å². The molecular weight excluding hydrogens is 331 g/mol. The highest BCUT2D eigenvalue weighted by Gasteiger charge is 2.17. The number of anilines is 1. The van der Waals surface area contributed by atoms with Crippen molar-refractivity contribution < 1.29 is 19.4 Å². The molecule has 0 aromatic heterocycles. The first-order valence-electron chi connectivity index (χ1n) is 6.07. The first kappa shape index (κ1) is 17.8. The van der Waals surface area contributed by atoms with Crippen LogP contribution in [0, 0.1) is 11.3 Å². The molecule has 0 aliphatic carbocycles. The molecule has 0 saturated carbocycles. The molecule has 0 fully saturated rings. The fourth-order valence-electron chi connectivity index (χ4n) is 1.42. The normalized spacial score (nSPS) is 11.0. The van der Waals surface area contributed by atoms with Crippen LogP contribution in [0.1, 0.15) is 24.2 Å². The Balaban J connectivity index is 3.07. The van der Waals surface area contributed by atoms with Crippen LogP contribution >= 0.6 is 23.2 Å². The fourth-order valence-corrected chi connectivity index (χ4v) is 2.01. The second-order valence-electron chi connectivity index (χ2n) is 4.36. The van der Waals surface area contributed by atoms with Gasteiger partial charge >= 0.3 is 11.9 Å². The minimum absolute atomic E-state index is 0.0215. The topological polar surface area (TPSA) is 99.4 Å². The number of nitrogens with zero attached hydrogens (tertiary/aromatic N) is 1. The molecule has 1 rings (SSSR count). The molecular formula is C14H12Cl2N2O4. The van der Waals surface area contributed by atoms with Gasteiger partial charge in [0.05, 0.1) is 27.4 Å². The zero-order valence-corrected chi connectivity index (χ0v) is 13.2. The van der Waals surface area contributed by atoms with Gasteiger partial charge in [0.15, 0.2) is 5.57 Å². The summed E-state index contributed by atoms with van der Waals surface area (Å²) in [5.74, 6) is -2.09. The van der Waals surface area contributed by atoms with Gasteiger partial charge < -0.3 is 15.2 Å². The molecule has 0 aliphatic rings. The predicted octanol–water partition coefficient (Wildman–Crippen LogP) is 3.46. The standard InChI is InChI=1S/C14H12Cl2N2O4/c1-7(2)22-14(21)8(5-17)6-18-10-4-3-9(15)11(12(10)16)13(19)20/h3-4,6-7,18H,1-2H3,(H,19,20). The van der Waals surface area contributed by atoms with E-state index >= 15 is 0 Å². The SMILES string of the molecule is CC(C)OC(=O)C(C#N)=CNc1ccc(Cl)c(C(=O)O)c1Cl. The fraction of sp³-hybridized carbons (Fsp3) is 0.214. The second kappa shape index (κ2) is 7.69. The quantitative estimate of drug-likeness (QED) is 0.482. The van der Waals surface area contributed by atoms with E-state index in [0.717, 1.165) is 6.20 Å². The van der Waals surface area contributed by atoms with Gasteiger partial charge in [0.2, 0.25) is 0 Å². The maximum absolute atomic E-state index is 11.6. The molecule has 0 atom stereocenters. The van der Waals surface area contributed by atoms with Crippen LogP contribution < -0.4 is 5.32 Å². The summed E-state index contributed by atoms with van der Waals surface area (Å²) in [7, 11) is 0. The maximum Gasteiger partial charge on any atom is 0.350 e. The Morgan fingerprint density at radius 2 is 2.05 bits per heavy atom. The number of ether oxygens (including phenoxy) is 1. The van der Waals surface area contributed by atoms with Crippen molar-refractivity contribution in [3.63, 3.8) is 0 Å². The highest BCUT2D eigenvalue weighted by atomic mass is 35.5. The lowest BCUT2D eigenvalue weighted by Crippen LogP contribution is -2.13. The number of benzene rings is 1. The molecule has 6 nitrogen and oxygen atoms in total. The largest absolute Gasteiger partial charge is 0.478 e. The number of carboxylic acid groups (broad SMARTS) is 1. The van der Waals surface area contributed by atoms with E-state index in [0.29, 0.717) is 0 Å². The number of esters is 1. The first-order chi connectivity index (χ1) is 10.3. The molecule has 8 heteroatoms. The van der Waals surface area contributed by atoms with Crippen LogP contribution in [0.15, 0.2) is 23.9 Å². The van der Waals surface area contributed by atoms with E-state index < -0.39 is 11.9 Å². The molecule has 1 aromatic rings. The van der Waals surface area contributed by atoms with Gasteiger partial charge in [-0.15, -0.1) is 0 Å². The third-order valence-corrected chi connectivity index (χ3v) is 3.07. The zero-order valence-electron chi connectivity index (χ0n) is 11.7. The van der Waals surface area contributed by atoms with Crippen molar-refractivity contribution in [2.24, 2.45) is 0 Å². The Kier molecular flexibility index (Phi) is 6.23. The number of hydrogen-bond donors (Lipinski definition) is 2.